The summed E-state index contributed by atoms with van der Waals surface area (Å²) in [4.78, 5) is 25.6. The number of esters is 1. The van der Waals surface area contributed by atoms with E-state index in [4.69, 9.17) is 4.74 Å². The molecular formula is C19H27NO3. The summed E-state index contributed by atoms with van der Waals surface area (Å²) >= 11 is 0. The van der Waals surface area contributed by atoms with Crippen molar-refractivity contribution >= 4 is 18.0 Å². The van der Waals surface area contributed by atoms with Gasteiger partial charge in [0.15, 0.2) is 0 Å². The van der Waals surface area contributed by atoms with Crippen LogP contribution in [-0.2, 0) is 14.3 Å². The van der Waals surface area contributed by atoms with Crippen LogP contribution in [0.2, 0.25) is 0 Å². The van der Waals surface area contributed by atoms with E-state index in [1.165, 1.54) is 0 Å². The van der Waals surface area contributed by atoms with Crippen LogP contribution in [0.1, 0.15) is 39.2 Å². The molecule has 0 heterocycles. The van der Waals surface area contributed by atoms with Crippen LogP contribution in [0.5, 0.6) is 0 Å². The summed E-state index contributed by atoms with van der Waals surface area (Å²) in [7, 11) is 0. The molecule has 0 aliphatic carbocycles. The average Bonchev–Trinajstić information content (AvgIpc) is 2.53. The zero-order chi connectivity index (χ0) is 17.1. The van der Waals surface area contributed by atoms with Crippen molar-refractivity contribution < 1.29 is 14.3 Å². The number of rotatable bonds is 9. The Labute approximate surface area is 139 Å². The maximum absolute atomic E-state index is 12.4. The summed E-state index contributed by atoms with van der Waals surface area (Å²) < 4.78 is 4.93. The Hall–Kier alpha value is -2.10. The molecule has 1 aromatic rings. The fourth-order valence-corrected chi connectivity index (χ4v) is 2.04. The molecule has 1 aromatic carbocycles. The molecule has 0 radical (unpaired) electrons. The van der Waals surface area contributed by atoms with Gasteiger partial charge in [0.1, 0.15) is 0 Å². The molecular weight excluding hydrogens is 290 g/mol. The van der Waals surface area contributed by atoms with Crippen molar-refractivity contribution in [2.45, 2.75) is 33.6 Å². The van der Waals surface area contributed by atoms with E-state index in [1.807, 2.05) is 30.3 Å². The van der Waals surface area contributed by atoms with Crippen LogP contribution in [0.15, 0.2) is 36.4 Å². The fraction of sp³-hybridized carbons (Fsp3) is 0.474. The molecule has 126 valence electrons. The van der Waals surface area contributed by atoms with Crippen molar-refractivity contribution in [3.63, 3.8) is 0 Å². The number of hydrogen-bond donors (Lipinski definition) is 0. The van der Waals surface area contributed by atoms with Crippen molar-refractivity contribution in [3.05, 3.63) is 42.0 Å². The summed E-state index contributed by atoms with van der Waals surface area (Å²) in [6, 6.07) is 9.69. The van der Waals surface area contributed by atoms with Crippen molar-refractivity contribution in [3.8, 4) is 0 Å². The standard InChI is InChI=1S/C19H27NO3/c1-4-23-19(22)13-15-20(14-12-16(2)3)18(21)11-10-17-8-6-5-7-9-17/h5-11,16H,4,12-15H2,1-3H3/b11-10+. The van der Waals surface area contributed by atoms with Gasteiger partial charge >= 0.3 is 5.97 Å². The van der Waals surface area contributed by atoms with Crippen LogP contribution >= 0.6 is 0 Å². The minimum Gasteiger partial charge on any atom is -0.466 e. The van der Waals surface area contributed by atoms with Gasteiger partial charge in [-0.25, -0.2) is 0 Å². The number of nitrogens with zero attached hydrogens (tertiary/aromatic N) is 1. The van der Waals surface area contributed by atoms with E-state index in [0.29, 0.717) is 25.6 Å². The summed E-state index contributed by atoms with van der Waals surface area (Å²) in [5.41, 5.74) is 0.982. The molecule has 0 aliphatic heterocycles. The van der Waals surface area contributed by atoms with Gasteiger partial charge in [0.2, 0.25) is 5.91 Å². The normalized spacial score (nSPS) is 11.0. The van der Waals surface area contributed by atoms with E-state index in [0.717, 1.165) is 12.0 Å². The van der Waals surface area contributed by atoms with E-state index in [-0.39, 0.29) is 18.3 Å². The molecule has 0 aromatic heterocycles. The second-order valence-corrected chi connectivity index (χ2v) is 5.81. The first-order valence-electron chi connectivity index (χ1n) is 8.20. The van der Waals surface area contributed by atoms with Gasteiger partial charge in [-0.2, -0.15) is 0 Å². The zero-order valence-corrected chi connectivity index (χ0v) is 14.3. The molecule has 1 amide bonds. The molecule has 0 saturated heterocycles. The van der Waals surface area contributed by atoms with Crippen LogP contribution in [0.4, 0.5) is 0 Å². The third-order valence-electron chi connectivity index (χ3n) is 3.40. The first-order chi connectivity index (χ1) is 11.0. The molecule has 0 N–H and O–H groups in total. The Bertz CT molecular complexity index is 509. The Kier molecular flexibility index (Phi) is 8.73. The summed E-state index contributed by atoms with van der Waals surface area (Å²) in [5.74, 6) is 0.173. The average molecular weight is 317 g/mol. The predicted octanol–water partition coefficient (Wildman–Crippen LogP) is 3.53. The van der Waals surface area contributed by atoms with Crippen molar-refractivity contribution in [1.29, 1.82) is 0 Å². The van der Waals surface area contributed by atoms with E-state index in [1.54, 1.807) is 24.0 Å². The minimum atomic E-state index is -0.262. The minimum absolute atomic E-state index is 0.0706. The second kappa shape index (κ2) is 10.6. The van der Waals surface area contributed by atoms with Crippen molar-refractivity contribution in [2.75, 3.05) is 19.7 Å². The number of hydrogen-bond acceptors (Lipinski definition) is 3. The van der Waals surface area contributed by atoms with Gasteiger partial charge in [-0.05, 0) is 30.9 Å². The van der Waals surface area contributed by atoms with Crippen LogP contribution in [-0.4, -0.2) is 36.5 Å². The lowest BCUT2D eigenvalue weighted by Gasteiger charge is -2.22. The maximum atomic E-state index is 12.4. The molecule has 4 nitrogen and oxygen atoms in total. The summed E-state index contributed by atoms with van der Waals surface area (Å²) in [6.45, 7) is 7.43. The predicted molar refractivity (Wildman–Crippen MR) is 92.8 cm³/mol. The molecule has 0 bridgehead atoms. The number of carbonyl (C=O) groups excluding carboxylic acids is 2. The largest absolute Gasteiger partial charge is 0.466 e. The SMILES string of the molecule is CCOC(=O)CCN(CCC(C)C)C(=O)/C=C/c1ccccc1. The van der Waals surface area contributed by atoms with Crippen LogP contribution in [0.3, 0.4) is 0 Å². The molecule has 0 aliphatic rings. The molecule has 4 heteroatoms. The number of carbonyl (C=O) groups is 2. The second-order valence-electron chi connectivity index (χ2n) is 5.81. The number of ether oxygens (including phenoxy) is 1. The Morgan fingerprint density at radius 2 is 1.87 bits per heavy atom. The first kappa shape index (κ1) is 18.9. The van der Waals surface area contributed by atoms with Gasteiger partial charge in [0.25, 0.3) is 0 Å². The van der Waals surface area contributed by atoms with Gasteiger partial charge in [0, 0.05) is 19.2 Å². The zero-order valence-electron chi connectivity index (χ0n) is 14.3. The highest BCUT2D eigenvalue weighted by Gasteiger charge is 2.13. The monoisotopic (exact) mass is 317 g/mol. The van der Waals surface area contributed by atoms with Gasteiger partial charge in [-0.1, -0.05) is 44.2 Å². The van der Waals surface area contributed by atoms with Gasteiger partial charge in [-0.15, -0.1) is 0 Å². The molecule has 0 saturated carbocycles. The third-order valence-corrected chi connectivity index (χ3v) is 3.40. The molecule has 0 spiro atoms. The lowest BCUT2D eigenvalue weighted by atomic mass is 10.1. The highest BCUT2D eigenvalue weighted by Crippen LogP contribution is 2.07. The highest BCUT2D eigenvalue weighted by molar-refractivity contribution is 5.92. The Balaban J connectivity index is 2.63. The van der Waals surface area contributed by atoms with E-state index >= 15 is 0 Å². The lowest BCUT2D eigenvalue weighted by Crippen LogP contribution is -2.33. The van der Waals surface area contributed by atoms with Crippen LogP contribution < -0.4 is 0 Å². The van der Waals surface area contributed by atoms with E-state index < -0.39 is 0 Å². The van der Waals surface area contributed by atoms with Gasteiger partial charge in [-0.3, -0.25) is 9.59 Å². The Morgan fingerprint density at radius 3 is 2.48 bits per heavy atom. The fourth-order valence-electron chi connectivity index (χ4n) is 2.04. The van der Waals surface area contributed by atoms with Gasteiger partial charge < -0.3 is 9.64 Å². The molecule has 1 rings (SSSR count). The lowest BCUT2D eigenvalue weighted by molar-refractivity contribution is -0.143. The van der Waals surface area contributed by atoms with Crippen LogP contribution in [0, 0.1) is 5.92 Å². The highest BCUT2D eigenvalue weighted by atomic mass is 16.5. The Morgan fingerprint density at radius 1 is 1.17 bits per heavy atom. The van der Waals surface area contributed by atoms with Crippen molar-refractivity contribution in [2.24, 2.45) is 5.92 Å². The van der Waals surface area contributed by atoms with Gasteiger partial charge in [0.05, 0.1) is 13.0 Å². The molecule has 0 atom stereocenters. The van der Waals surface area contributed by atoms with E-state index in [9.17, 15) is 9.59 Å². The maximum Gasteiger partial charge on any atom is 0.307 e. The quantitative estimate of drug-likeness (QED) is 0.517. The molecule has 0 fully saturated rings. The first-order valence-corrected chi connectivity index (χ1v) is 8.20. The molecule has 0 unspecified atom stereocenters. The molecule has 23 heavy (non-hydrogen) atoms. The smallest absolute Gasteiger partial charge is 0.307 e. The number of benzene rings is 1. The summed E-state index contributed by atoms with van der Waals surface area (Å²) in [5, 5.41) is 0. The van der Waals surface area contributed by atoms with Crippen molar-refractivity contribution in [1.82, 2.24) is 4.90 Å². The topological polar surface area (TPSA) is 46.6 Å². The summed E-state index contributed by atoms with van der Waals surface area (Å²) in [6.07, 6.45) is 4.51. The van der Waals surface area contributed by atoms with E-state index in [2.05, 4.69) is 13.8 Å². The van der Waals surface area contributed by atoms with Crippen LogP contribution in [0.25, 0.3) is 6.08 Å². The number of amides is 1. The third kappa shape index (κ3) is 8.19.